The largest absolute Gasteiger partial charge is 0.464 e. The van der Waals surface area contributed by atoms with Gasteiger partial charge in [0.2, 0.25) is 0 Å². The SMILES string of the molecule is CCOC(=O)C1(Nc2cccc(Cl)c2)CCC1. The standard InChI is InChI=1S/C13H16ClNO2/c1-2-17-12(16)13(7-4-8-13)15-11-6-3-5-10(14)9-11/h3,5-6,9,15H,2,4,7-8H2,1H3. The van der Waals surface area contributed by atoms with E-state index in [4.69, 9.17) is 16.3 Å². The van der Waals surface area contributed by atoms with Gasteiger partial charge in [0, 0.05) is 10.7 Å². The van der Waals surface area contributed by atoms with Crippen LogP contribution in [0.5, 0.6) is 0 Å². The number of nitrogens with one attached hydrogen (secondary N) is 1. The lowest BCUT2D eigenvalue weighted by Gasteiger charge is -2.40. The summed E-state index contributed by atoms with van der Waals surface area (Å²) in [6.07, 6.45) is 2.68. The van der Waals surface area contributed by atoms with E-state index < -0.39 is 5.54 Å². The predicted molar refractivity (Wildman–Crippen MR) is 68.3 cm³/mol. The Morgan fingerprint density at radius 3 is 2.82 bits per heavy atom. The Morgan fingerprint density at radius 1 is 1.53 bits per heavy atom. The molecular weight excluding hydrogens is 238 g/mol. The second kappa shape index (κ2) is 4.96. The lowest BCUT2D eigenvalue weighted by molar-refractivity contribution is -0.151. The summed E-state index contributed by atoms with van der Waals surface area (Å²) >= 11 is 5.92. The molecule has 92 valence electrons. The zero-order valence-electron chi connectivity index (χ0n) is 9.83. The molecule has 0 atom stereocenters. The van der Waals surface area contributed by atoms with Crippen molar-refractivity contribution in [3.63, 3.8) is 0 Å². The topological polar surface area (TPSA) is 38.3 Å². The first-order chi connectivity index (χ1) is 8.16. The van der Waals surface area contributed by atoms with Crippen molar-refractivity contribution >= 4 is 23.3 Å². The van der Waals surface area contributed by atoms with Gasteiger partial charge in [0.1, 0.15) is 5.54 Å². The number of carbonyl (C=O) groups excluding carboxylic acids is 1. The molecule has 0 bridgehead atoms. The molecule has 1 saturated carbocycles. The molecule has 0 aromatic heterocycles. The highest BCUT2D eigenvalue weighted by Crippen LogP contribution is 2.36. The Kier molecular flexibility index (Phi) is 3.57. The third-order valence-corrected chi connectivity index (χ3v) is 3.32. The van der Waals surface area contributed by atoms with E-state index in [1.807, 2.05) is 31.2 Å². The van der Waals surface area contributed by atoms with Gasteiger partial charge in [0.25, 0.3) is 0 Å². The third kappa shape index (κ3) is 2.55. The molecule has 17 heavy (non-hydrogen) atoms. The highest BCUT2D eigenvalue weighted by molar-refractivity contribution is 6.30. The number of anilines is 1. The van der Waals surface area contributed by atoms with Crippen LogP contribution in [0.1, 0.15) is 26.2 Å². The van der Waals surface area contributed by atoms with Crippen molar-refractivity contribution in [3.8, 4) is 0 Å². The minimum absolute atomic E-state index is 0.161. The van der Waals surface area contributed by atoms with Crippen molar-refractivity contribution in [3.05, 3.63) is 29.3 Å². The molecule has 0 spiro atoms. The van der Waals surface area contributed by atoms with E-state index in [1.54, 1.807) is 0 Å². The molecule has 1 aliphatic carbocycles. The summed E-state index contributed by atoms with van der Waals surface area (Å²) in [5, 5.41) is 3.92. The van der Waals surface area contributed by atoms with Crippen LogP contribution >= 0.6 is 11.6 Å². The molecule has 1 fully saturated rings. The van der Waals surface area contributed by atoms with Gasteiger partial charge in [-0.2, -0.15) is 0 Å². The normalized spacial score (nSPS) is 17.1. The molecule has 0 radical (unpaired) electrons. The smallest absolute Gasteiger partial charge is 0.331 e. The number of esters is 1. The molecule has 2 rings (SSSR count). The Labute approximate surface area is 106 Å². The molecule has 0 amide bonds. The van der Waals surface area contributed by atoms with Crippen LogP contribution in [0, 0.1) is 0 Å². The maximum atomic E-state index is 11.9. The Morgan fingerprint density at radius 2 is 2.29 bits per heavy atom. The van der Waals surface area contributed by atoms with E-state index in [2.05, 4.69) is 5.32 Å². The molecule has 0 heterocycles. The zero-order chi connectivity index (χ0) is 12.3. The van der Waals surface area contributed by atoms with E-state index in [-0.39, 0.29) is 5.97 Å². The monoisotopic (exact) mass is 253 g/mol. The quantitative estimate of drug-likeness (QED) is 0.838. The van der Waals surface area contributed by atoms with Crippen LogP contribution in [-0.2, 0) is 9.53 Å². The Hall–Kier alpha value is -1.22. The van der Waals surface area contributed by atoms with E-state index >= 15 is 0 Å². The van der Waals surface area contributed by atoms with Crippen LogP contribution in [0.25, 0.3) is 0 Å². The van der Waals surface area contributed by atoms with Crippen molar-refractivity contribution in [1.29, 1.82) is 0 Å². The summed E-state index contributed by atoms with van der Waals surface area (Å²) in [6, 6.07) is 7.40. The fourth-order valence-corrected chi connectivity index (χ4v) is 2.21. The summed E-state index contributed by atoms with van der Waals surface area (Å²) in [5.41, 5.74) is 0.325. The van der Waals surface area contributed by atoms with Gasteiger partial charge in [0.15, 0.2) is 0 Å². The lowest BCUT2D eigenvalue weighted by Crippen LogP contribution is -2.53. The van der Waals surface area contributed by atoms with Gasteiger partial charge in [-0.3, -0.25) is 0 Å². The maximum Gasteiger partial charge on any atom is 0.331 e. The number of benzene rings is 1. The molecule has 0 saturated heterocycles. The summed E-state index contributed by atoms with van der Waals surface area (Å²) in [7, 11) is 0. The van der Waals surface area contributed by atoms with Crippen molar-refractivity contribution in [2.24, 2.45) is 0 Å². The number of carbonyl (C=O) groups is 1. The van der Waals surface area contributed by atoms with E-state index in [0.717, 1.165) is 24.9 Å². The van der Waals surface area contributed by atoms with Crippen LogP contribution in [0.15, 0.2) is 24.3 Å². The first kappa shape index (κ1) is 12.2. The van der Waals surface area contributed by atoms with Gasteiger partial charge in [-0.1, -0.05) is 17.7 Å². The second-order valence-corrected chi connectivity index (χ2v) is 4.73. The number of hydrogen-bond acceptors (Lipinski definition) is 3. The molecule has 4 heteroatoms. The number of rotatable bonds is 4. The van der Waals surface area contributed by atoms with E-state index in [9.17, 15) is 4.79 Å². The maximum absolute atomic E-state index is 11.9. The fraction of sp³-hybridized carbons (Fsp3) is 0.462. The molecular formula is C13H16ClNO2. The van der Waals surface area contributed by atoms with Crippen LogP contribution in [0.3, 0.4) is 0 Å². The van der Waals surface area contributed by atoms with Gasteiger partial charge < -0.3 is 10.1 Å². The average molecular weight is 254 g/mol. The Bertz CT molecular complexity index is 416. The number of halogens is 1. The molecule has 0 aliphatic heterocycles. The zero-order valence-corrected chi connectivity index (χ0v) is 10.6. The van der Waals surface area contributed by atoms with Crippen molar-refractivity contribution in [2.45, 2.75) is 31.7 Å². The average Bonchev–Trinajstić information content (AvgIpc) is 2.24. The summed E-state index contributed by atoms with van der Waals surface area (Å²) in [4.78, 5) is 11.9. The Balaban J connectivity index is 2.12. The van der Waals surface area contributed by atoms with Crippen molar-refractivity contribution in [1.82, 2.24) is 0 Å². The first-order valence-electron chi connectivity index (χ1n) is 5.87. The molecule has 1 N–H and O–H groups in total. The molecule has 0 unspecified atom stereocenters. The second-order valence-electron chi connectivity index (χ2n) is 4.29. The summed E-state index contributed by atoms with van der Waals surface area (Å²) in [5.74, 6) is -0.161. The van der Waals surface area contributed by atoms with Crippen LogP contribution in [0.4, 0.5) is 5.69 Å². The van der Waals surface area contributed by atoms with Gasteiger partial charge in [-0.15, -0.1) is 0 Å². The van der Waals surface area contributed by atoms with E-state index in [1.165, 1.54) is 0 Å². The number of hydrogen-bond donors (Lipinski definition) is 1. The first-order valence-corrected chi connectivity index (χ1v) is 6.25. The van der Waals surface area contributed by atoms with Crippen molar-refractivity contribution in [2.75, 3.05) is 11.9 Å². The highest BCUT2D eigenvalue weighted by Gasteiger charge is 2.45. The van der Waals surface area contributed by atoms with Gasteiger partial charge in [-0.25, -0.2) is 4.79 Å². The van der Waals surface area contributed by atoms with Gasteiger partial charge in [0.05, 0.1) is 6.61 Å². The van der Waals surface area contributed by atoms with E-state index in [0.29, 0.717) is 11.6 Å². The predicted octanol–water partition coefficient (Wildman–Crippen LogP) is 3.24. The van der Waals surface area contributed by atoms with Crippen LogP contribution in [0.2, 0.25) is 5.02 Å². The fourth-order valence-electron chi connectivity index (χ4n) is 2.02. The van der Waals surface area contributed by atoms with Crippen LogP contribution in [-0.4, -0.2) is 18.1 Å². The highest BCUT2D eigenvalue weighted by atomic mass is 35.5. The van der Waals surface area contributed by atoms with Crippen LogP contribution < -0.4 is 5.32 Å². The minimum atomic E-state index is -0.541. The molecule has 1 aromatic carbocycles. The summed E-state index contributed by atoms with van der Waals surface area (Å²) < 4.78 is 5.12. The molecule has 1 aliphatic rings. The molecule has 3 nitrogen and oxygen atoms in total. The third-order valence-electron chi connectivity index (χ3n) is 3.08. The van der Waals surface area contributed by atoms with Gasteiger partial charge >= 0.3 is 5.97 Å². The minimum Gasteiger partial charge on any atom is -0.464 e. The van der Waals surface area contributed by atoms with Crippen molar-refractivity contribution < 1.29 is 9.53 Å². The summed E-state index contributed by atoms with van der Waals surface area (Å²) in [6.45, 7) is 2.24. The molecule has 1 aromatic rings. The van der Waals surface area contributed by atoms with Gasteiger partial charge in [-0.05, 0) is 44.4 Å². The number of ether oxygens (including phenoxy) is 1. The lowest BCUT2D eigenvalue weighted by atomic mass is 9.76.